The zero-order valence-corrected chi connectivity index (χ0v) is 7.72. The summed E-state index contributed by atoms with van der Waals surface area (Å²) < 4.78 is 0. The Labute approximate surface area is 73.8 Å². The van der Waals surface area contributed by atoms with Gasteiger partial charge >= 0.3 is 0 Å². The molecule has 0 unspecified atom stereocenters. The first-order chi connectivity index (χ1) is 5.79. The van der Waals surface area contributed by atoms with Crippen LogP contribution in [0.3, 0.4) is 0 Å². The topological polar surface area (TPSA) is 15.8 Å². The van der Waals surface area contributed by atoms with E-state index in [1.807, 2.05) is 12.3 Å². The van der Waals surface area contributed by atoms with Crippen molar-refractivity contribution in [1.82, 2.24) is 4.98 Å². The summed E-state index contributed by atoms with van der Waals surface area (Å²) in [6.07, 6.45) is 9.22. The van der Waals surface area contributed by atoms with Crippen LogP contribution >= 0.6 is 0 Å². The van der Waals surface area contributed by atoms with Crippen molar-refractivity contribution in [3.05, 3.63) is 35.7 Å². The minimum atomic E-state index is 1.07. The first kappa shape index (κ1) is 8.85. The number of aromatic nitrogens is 1. The molecular weight excluding hydrogens is 146 g/mol. The Balaban J connectivity index is 3.01. The van der Waals surface area contributed by atoms with Crippen LogP contribution in [0.2, 0.25) is 0 Å². The van der Waals surface area contributed by atoms with E-state index in [0.717, 1.165) is 12.1 Å². The largest absolute Gasteiger partial charge is 0.361 e. The third-order valence-electron chi connectivity index (χ3n) is 1.88. The van der Waals surface area contributed by atoms with Gasteiger partial charge in [0.15, 0.2) is 0 Å². The molecule has 0 saturated carbocycles. The van der Waals surface area contributed by atoms with Crippen LogP contribution in [-0.4, -0.2) is 4.98 Å². The van der Waals surface area contributed by atoms with Crippen molar-refractivity contribution in [1.29, 1.82) is 0 Å². The van der Waals surface area contributed by atoms with Gasteiger partial charge in [0.2, 0.25) is 0 Å². The smallest absolute Gasteiger partial charge is 0.0450 e. The van der Waals surface area contributed by atoms with E-state index in [0.29, 0.717) is 0 Å². The van der Waals surface area contributed by atoms with E-state index in [2.05, 4.69) is 37.6 Å². The highest BCUT2D eigenvalue weighted by Crippen LogP contribution is 2.16. The van der Waals surface area contributed by atoms with Crippen molar-refractivity contribution in [3.8, 4) is 0 Å². The van der Waals surface area contributed by atoms with Crippen LogP contribution in [0.4, 0.5) is 0 Å². The standard InChI is InChI=1S/C11H15N/c1-4-6-7-10-9(3)8-12-11(10)5-2/h5-8,12H,2,4H2,1,3H3/b7-6-. The summed E-state index contributed by atoms with van der Waals surface area (Å²) in [5.41, 5.74) is 3.64. The Bertz CT molecular complexity index is 292. The lowest BCUT2D eigenvalue weighted by molar-refractivity contribution is 1.23. The summed E-state index contributed by atoms with van der Waals surface area (Å²) >= 11 is 0. The maximum atomic E-state index is 3.75. The summed E-state index contributed by atoms with van der Waals surface area (Å²) in [5.74, 6) is 0. The molecule has 0 aliphatic heterocycles. The molecule has 0 amide bonds. The normalized spacial score (nSPS) is 10.8. The second-order valence-corrected chi connectivity index (χ2v) is 2.81. The van der Waals surface area contributed by atoms with Crippen molar-refractivity contribution in [3.63, 3.8) is 0 Å². The summed E-state index contributed by atoms with van der Waals surface area (Å²) in [6, 6.07) is 0. The van der Waals surface area contributed by atoms with Crippen LogP contribution < -0.4 is 0 Å². The minimum Gasteiger partial charge on any atom is -0.361 e. The van der Waals surface area contributed by atoms with Gasteiger partial charge in [-0.05, 0) is 25.0 Å². The molecule has 1 N–H and O–H groups in total. The third-order valence-corrected chi connectivity index (χ3v) is 1.88. The average molecular weight is 161 g/mol. The molecule has 1 heteroatoms. The van der Waals surface area contributed by atoms with Gasteiger partial charge in [0.05, 0.1) is 0 Å². The number of nitrogens with one attached hydrogen (secondary N) is 1. The van der Waals surface area contributed by atoms with Gasteiger partial charge < -0.3 is 4.98 Å². The summed E-state index contributed by atoms with van der Waals surface area (Å²) in [4.78, 5) is 3.16. The molecular formula is C11H15N. The van der Waals surface area contributed by atoms with Gasteiger partial charge in [-0.15, -0.1) is 0 Å². The van der Waals surface area contributed by atoms with Crippen molar-refractivity contribution >= 4 is 12.2 Å². The van der Waals surface area contributed by atoms with Crippen LogP contribution in [0, 0.1) is 6.92 Å². The molecule has 0 bridgehead atoms. The lowest BCUT2D eigenvalue weighted by Crippen LogP contribution is -1.76. The summed E-state index contributed by atoms with van der Waals surface area (Å²) in [7, 11) is 0. The van der Waals surface area contributed by atoms with Crippen molar-refractivity contribution in [2.45, 2.75) is 20.3 Å². The Kier molecular flexibility index (Phi) is 2.92. The number of hydrogen-bond acceptors (Lipinski definition) is 0. The van der Waals surface area contributed by atoms with Gasteiger partial charge in [-0.2, -0.15) is 0 Å². The van der Waals surface area contributed by atoms with E-state index in [4.69, 9.17) is 0 Å². The van der Waals surface area contributed by atoms with Gasteiger partial charge in [0.1, 0.15) is 0 Å². The predicted molar refractivity (Wildman–Crippen MR) is 54.9 cm³/mol. The first-order valence-electron chi connectivity index (χ1n) is 4.26. The van der Waals surface area contributed by atoms with E-state index < -0.39 is 0 Å². The molecule has 1 aromatic heterocycles. The Morgan fingerprint density at radius 3 is 2.92 bits per heavy atom. The third kappa shape index (κ3) is 1.67. The lowest BCUT2D eigenvalue weighted by Gasteiger charge is -1.93. The molecule has 64 valence electrons. The molecule has 0 saturated heterocycles. The monoisotopic (exact) mass is 161 g/mol. The Hall–Kier alpha value is -1.24. The van der Waals surface area contributed by atoms with E-state index in [1.165, 1.54) is 11.1 Å². The Morgan fingerprint density at radius 1 is 1.58 bits per heavy atom. The number of aromatic amines is 1. The van der Waals surface area contributed by atoms with Crippen molar-refractivity contribution < 1.29 is 0 Å². The van der Waals surface area contributed by atoms with Crippen LogP contribution in [0.15, 0.2) is 18.9 Å². The molecule has 0 radical (unpaired) electrons. The fraction of sp³-hybridized carbons (Fsp3) is 0.273. The highest BCUT2D eigenvalue weighted by Gasteiger charge is 1.99. The zero-order chi connectivity index (χ0) is 8.97. The molecule has 1 nitrogen and oxygen atoms in total. The van der Waals surface area contributed by atoms with Gasteiger partial charge in [-0.25, -0.2) is 0 Å². The van der Waals surface area contributed by atoms with Gasteiger partial charge in [-0.1, -0.05) is 25.7 Å². The number of allylic oxidation sites excluding steroid dienone is 1. The number of rotatable bonds is 3. The predicted octanol–water partition coefficient (Wildman–Crippen LogP) is 3.39. The quantitative estimate of drug-likeness (QED) is 0.699. The first-order valence-corrected chi connectivity index (χ1v) is 4.26. The molecule has 1 aromatic rings. The molecule has 12 heavy (non-hydrogen) atoms. The number of H-pyrrole nitrogens is 1. The maximum Gasteiger partial charge on any atom is 0.0450 e. The molecule has 0 fully saturated rings. The lowest BCUT2D eigenvalue weighted by atomic mass is 10.1. The molecule has 0 spiro atoms. The van der Waals surface area contributed by atoms with Gasteiger partial charge in [0.25, 0.3) is 0 Å². The number of hydrogen-bond donors (Lipinski definition) is 1. The summed E-state index contributed by atoms with van der Waals surface area (Å²) in [5, 5.41) is 0. The van der Waals surface area contributed by atoms with E-state index in [-0.39, 0.29) is 0 Å². The van der Waals surface area contributed by atoms with Crippen molar-refractivity contribution in [2.24, 2.45) is 0 Å². The van der Waals surface area contributed by atoms with Gasteiger partial charge in [-0.3, -0.25) is 0 Å². The molecule has 0 aliphatic carbocycles. The fourth-order valence-electron chi connectivity index (χ4n) is 1.18. The maximum absolute atomic E-state index is 3.75. The summed E-state index contributed by atoms with van der Waals surface area (Å²) in [6.45, 7) is 7.97. The van der Waals surface area contributed by atoms with Crippen LogP contribution in [0.5, 0.6) is 0 Å². The van der Waals surface area contributed by atoms with Gasteiger partial charge in [0, 0.05) is 17.5 Å². The average Bonchev–Trinajstić information content (AvgIpc) is 2.43. The van der Waals surface area contributed by atoms with Crippen LogP contribution in [0.1, 0.15) is 30.2 Å². The minimum absolute atomic E-state index is 1.07. The van der Waals surface area contributed by atoms with E-state index >= 15 is 0 Å². The van der Waals surface area contributed by atoms with Crippen molar-refractivity contribution in [2.75, 3.05) is 0 Å². The SMILES string of the molecule is C=Cc1[nH]cc(C)c1/C=C\CC. The Morgan fingerprint density at radius 2 is 2.33 bits per heavy atom. The molecule has 0 aliphatic rings. The zero-order valence-electron chi connectivity index (χ0n) is 7.72. The molecule has 1 rings (SSSR count). The van der Waals surface area contributed by atoms with E-state index in [9.17, 15) is 0 Å². The second-order valence-electron chi connectivity index (χ2n) is 2.81. The van der Waals surface area contributed by atoms with Crippen LogP contribution in [-0.2, 0) is 0 Å². The van der Waals surface area contributed by atoms with E-state index in [1.54, 1.807) is 0 Å². The highest BCUT2D eigenvalue weighted by atomic mass is 14.7. The van der Waals surface area contributed by atoms with Crippen LogP contribution in [0.25, 0.3) is 12.2 Å². The molecule has 0 aromatic carbocycles. The fourth-order valence-corrected chi connectivity index (χ4v) is 1.18. The second kappa shape index (κ2) is 3.96. The molecule has 0 atom stereocenters. The molecule has 1 heterocycles. The number of aryl methyl sites for hydroxylation is 1. The highest BCUT2D eigenvalue weighted by molar-refractivity contribution is 5.64.